The molecule has 1 nitrogen and oxygen atoms in total. The molecule has 0 spiro atoms. The first-order valence-corrected chi connectivity index (χ1v) is 7.59. The minimum absolute atomic E-state index is 0.0277. The van der Waals surface area contributed by atoms with Crippen LogP contribution in [-0.2, 0) is 12.8 Å². The molecule has 1 atom stereocenters. The van der Waals surface area contributed by atoms with E-state index in [0.717, 1.165) is 17.3 Å². The molecule has 2 rings (SSSR count). The van der Waals surface area contributed by atoms with Gasteiger partial charge in [-0.2, -0.15) is 0 Å². The third-order valence-corrected chi connectivity index (χ3v) is 3.91. The fraction of sp³-hybridized carbons (Fsp3) is 0.294. The van der Waals surface area contributed by atoms with Crippen LogP contribution in [0.15, 0.2) is 46.9 Å². The quantitative estimate of drug-likeness (QED) is 0.860. The monoisotopic (exact) mass is 335 g/mol. The zero-order valence-corrected chi connectivity index (χ0v) is 13.2. The molecule has 0 aliphatic rings. The van der Waals surface area contributed by atoms with Gasteiger partial charge in [-0.05, 0) is 55.5 Å². The Hall–Kier alpha value is -1.19. The lowest BCUT2D eigenvalue weighted by Gasteiger charge is -2.12. The summed E-state index contributed by atoms with van der Waals surface area (Å²) in [5.41, 5.74) is 9.33. The number of benzene rings is 2. The van der Waals surface area contributed by atoms with Gasteiger partial charge in [0.25, 0.3) is 0 Å². The highest BCUT2D eigenvalue weighted by Gasteiger charge is 2.09. The minimum Gasteiger partial charge on any atom is -0.327 e. The van der Waals surface area contributed by atoms with Crippen molar-refractivity contribution in [2.45, 2.75) is 32.2 Å². The molecule has 0 saturated heterocycles. The summed E-state index contributed by atoms with van der Waals surface area (Å²) in [4.78, 5) is 0. The van der Waals surface area contributed by atoms with Crippen molar-refractivity contribution in [2.75, 3.05) is 0 Å². The highest BCUT2D eigenvalue weighted by molar-refractivity contribution is 9.10. The van der Waals surface area contributed by atoms with Gasteiger partial charge in [0.05, 0.1) is 0 Å². The molecule has 20 heavy (non-hydrogen) atoms. The second-order valence-electron chi connectivity index (χ2n) is 5.22. The maximum Gasteiger partial charge on any atom is 0.126 e. The van der Waals surface area contributed by atoms with Gasteiger partial charge in [-0.25, -0.2) is 4.39 Å². The number of nitrogens with two attached hydrogens (primary N) is 1. The molecule has 106 valence electrons. The van der Waals surface area contributed by atoms with E-state index >= 15 is 0 Å². The third kappa shape index (κ3) is 4.43. The van der Waals surface area contributed by atoms with Crippen molar-refractivity contribution in [1.29, 1.82) is 0 Å². The van der Waals surface area contributed by atoms with Crippen molar-refractivity contribution in [2.24, 2.45) is 5.73 Å². The normalized spacial score (nSPS) is 12.4. The standard InChI is InChI=1S/C17H19BrFN/c1-12-2-4-13(5-3-12)6-8-16(20)11-14-10-15(18)7-9-17(14)19/h2-5,7,9-10,16H,6,8,11,20H2,1H3. The van der Waals surface area contributed by atoms with Crippen LogP contribution in [0.2, 0.25) is 0 Å². The summed E-state index contributed by atoms with van der Waals surface area (Å²) in [6.45, 7) is 2.07. The first-order chi connectivity index (χ1) is 9.54. The topological polar surface area (TPSA) is 26.0 Å². The SMILES string of the molecule is Cc1ccc(CCC(N)Cc2cc(Br)ccc2F)cc1. The number of halogens is 2. The molecule has 2 aromatic carbocycles. The third-order valence-electron chi connectivity index (χ3n) is 3.41. The second-order valence-corrected chi connectivity index (χ2v) is 6.14. The first kappa shape index (κ1) is 15.2. The van der Waals surface area contributed by atoms with E-state index in [1.807, 2.05) is 0 Å². The van der Waals surface area contributed by atoms with Crippen LogP contribution in [0, 0.1) is 12.7 Å². The van der Waals surface area contributed by atoms with Gasteiger partial charge in [-0.15, -0.1) is 0 Å². The van der Waals surface area contributed by atoms with Crippen molar-refractivity contribution in [3.8, 4) is 0 Å². The maximum atomic E-state index is 13.7. The summed E-state index contributed by atoms with van der Waals surface area (Å²) in [6.07, 6.45) is 2.35. The maximum absolute atomic E-state index is 13.7. The number of rotatable bonds is 5. The fourth-order valence-corrected chi connectivity index (χ4v) is 2.60. The Labute approximate surface area is 128 Å². The highest BCUT2D eigenvalue weighted by atomic mass is 79.9. The second kappa shape index (κ2) is 7.00. The summed E-state index contributed by atoms with van der Waals surface area (Å²) >= 11 is 3.36. The molecule has 3 heteroatoms. The molecule has 0 radical (unpaired) electrons. The molecule has 0 aromatic heterocycles. The number of hydrogen-bond donors (Lipinski definition) is 1. The van der Waals surface area contributed by atoms with E-state index in [-0.39, 0.29) is 11.9 Å². The Kier molecular flexibility index (Phi) is 5.32. The van der Waals surface area contributed by atoms with Gasteiger partial charge >= 0.3 is 0 Å². The zero-order valence-electron chi connectivity index (χ0n) is 11.6. The predicted octanol–water partition coefficient (Wildman–Crippen LogP) is 4.40. The van der Waals surface area contributed by atoms with Crippen LogP contribution < -0.4 is 5.73 Å². The smallest absolute Gasteiger partial charge is 0.126 e. The summed E-state index contributed by atoms with van der Waals surface area (Å²) in [5, 5.41) is 0. The Morgan fingerprint density at radius 2 is 1.85 bits per heavy atom. The molecule has 0 amide bonds. The summed E-state index contributed by atoms with van der Waals surface area (Å²) < 4.78 is 14.5. The molecular weight excluding hydrogens is 317 g/mol. The molecule has 2 N–H and O–H groups in total. The highest BCUT2D eigenvalue weighted by Crippen LogP contribution is 2.18. The van der Waals surface area contributed by atoms with Crippen LogP contribution >= 0.6 is 15.9 Å². The van der Waals surface area contributed by atoms with Gasteiger partial charge in [-0.3, -0.25) is 0 Å². The van der Waals surface area contributed by atoms with Crippen LogP contribution in [-0.4, -0.2) is 6.04 Å². The van der Waals surface area contributed by atoms with Gasteiger partial charge in [-0.1, -0.05) is 45.8 Å². The van der Waals surface area contributed by atoms with Gasteiger partial charge in [0.15, 0.2) is 0 Å². The number of hydrogen-bond acceptors (Lipinski definition) is 1. The predicted molar refractivity (Wildman–Crippen MR) is 85.3 cm³/mol. The van der Waals surface area contributed by atoms with E-state index in [9.17, 15) is 4.39 Å². The van der Waals surface area contributed by atoms with Crippen molar-refractivity contribution in [1.82, 2.24) is 0 Å². The average molecular weight is 336 g/mol. The van der Waals surface area contributed by atoms with E-state index in [1.54, 1.807) is 12.1 Å². The van der Waals surface area contributed by atoms with E-state index in [4.69, 9.17) is 5.73 Å². The summed E-state index contributed by atoms with van der Waals surface area (Å²) in [6, 6.07) is 13.4. The van der Waals surface area contributed by atoms with Crippen LogP contribution in [0.5, 0.6) is 0 Å². The van der Waals surface area contributed by atoms with Crippen LogP contribution in [0.4, 0.5) is 4.39 Å². The molecule has 2 aromatic rings. The average Bonchev–Trinajstić information content (AvgIpc) is 2.42. The van der Waals surface area contributed by atoms with E-state index in [1.165, 1.54) is 17.2 Å². The molecular formula is C17H19BrFN. The van der Waals surface area contributed by atoms with E-state index < -0.39 is 0 Å². The molecule has 0 bridgehead atoms. The van der Waals surface area contributed by atoms with Gasteiger partial charge in [0.1, 0.15) is 5.82 Å². The molecule has 0 aliphatic carbocycles. The zero-order chi connectivity index (χ0) is 14.5. The van der Waals surface area contributed by atoms with E-state index in [0.29, 0.717) is 12.0 Å². The Morgan fingerprint density at radius 3 is 2.55 bits per heavy atom. The number of aryl methyl sites for hydroxylation is 2. The van der Waals surface area contributed by atoms with Gasteiger partial charge in [0, 0.05) is 10.5 Å². The van der Waals surface area contributed by atoms with Crippen LogP contribution in [0.3, 0.4) is 0 Å². The summed E-state index contributed by atoms with van der Waals surface area (Å²) in [7, 11) is 0. The molecule has 1 unspecified atom stereocenters. The van der Waals surface area contributed by atoms with Crippen molar-refractivity contribution in [3.63, 3.8) is 0 Å². The molecule has 0 heterocycles. The lowest BCUT2D eigenvalue weighted by atomic mass is 9.99. The van der Waals surface area contributed by atoms with Gasteiger partial charge in [0.2, 0.25) is 0 Å². The lowest BCUT2D eigenvalue weighted by Crippen LogP contribution is -2.24. The molecule has 0 saturated carbocycles. The van der Waals surface area contributed by atoms with Crippen molar-refractivity contribution >= 4 is 15.9 Å². The van der Waals surface area contributed by atoms with Gasteiger partial charge < -0.3 is 5.73 Å². The fourth-order valence-electron chi connectivity index (χ4n) is 2.19. The largest absolute Gasteiger partial charge is 0.327 e. The Bertz CT molecular complexity index is 566. The molecule has 0 fully saturated rings. The van der Waals surface area contributed by atoms with Crippen molar-refractivity contribution in [3.05, 3.63) is 69.4 Å². The lowest BCUT2D eigenvalue weighted by molar-refractivity contribution is 0.566. The van der Waals surface area contributed by atoms with Crippen LogP contribution in [0.1, 0.15) is 23.1 Å². The van der Waals surface area contributed by atoms with E-state index in [2.05, 4.69) is 47.1 Å². The van der Waals surface area contributed by atoms with Crippen molar-refractivity contribution < 1.29 is 4.39 Å². The first-order valence-electron chi connectivity index (χ1n) is 6.79. The van der Waals surface area contributed by atoms with Crippen LogP contribution in [0.25, 0.3) is 0 Å². The Balaban J connectivity index is 1.90. The Morgan fingerprint density at radius 1 is 1.15 bits per heavy atom. The minimum atomic E-state index is -0.181. The summed E-state index contributed by atoms with van der Waals surface area (Å²) in [5.74, 6) is -0.181. The molecule has 0 aliphatic heterocycles.